The lowest BCUT2D eigenvalue weighted by molar-refractivity contribution is -0.659. The van der Waals surface area contributed by atoms with Crippen molar-refractivity contribution in [1.29, 1.82) is 0 Å². The van der Waals surface area contributed by atoms with E-state index in [0.717, 1.165) is 34.6 Å². The Hall–Kier alpha value is -10.0. The molecule has 0 aliphatic carbocycles. The number of hydrogen-bond donors (Lipinski definition) is 0. The van der Waals surface area contributed by atoms with E-state index in [0.29, 0.717) is 6.17 Å². The SMILES string of the molecule is CC.CC.CC.CC.CC.CC.CC.CC.CC.CC.Cc1ccccc1-c1c2sccc2cc[n+]1C.Cc1ccccc1N1c2cnccc2N(C)[C@@H]1C.Cc1ccccc1N1c2cncnc2N(C)[C@@H]1C.Cc1ccccc1N1c2nccnc2N(C)[C@@H]1C.Cc1ccccc1N1c2ncncc2N(C)[C@@H]1C. The lowest BCUT2D eigenvalue weighted by Gasteiger charge is -2.28. The number of aromatic nitrogens is 8. The summed E-state index contributed by atoms with van der Waals surface area (Å²) in [5.41, 5.74) is 18.4. The quantitative estimate of drug-likeness (QED) is 0.152. The Bertz CT molecular complexity index is 3850. The number of pyridine rings is 2. The number of hydrogen-bond acceptors (Lipinski definition) is 16. The highest BCUT2D eigenvalue weighted by atomic mass is 32.1. The van der Waals surface area contributed by atoms with E-state index in [1.54, 1.807) is 25.0 Å². The second-order valence-corrected chi connectivity index (χ2v) is 23.8. The molecule has 0 amide bonds. The number of aryl methyl sites for hydroxylation is 6. The highest BCUT2D eigenvalue weighted by Crippen LogP contribution is 2.46. The molecule has 4 aliphatic heterocycles. The summed E-state index contributed by atoms with van der Waals surface area (Å²) < 4.78 is 3.57. The Morgan fingerprint density at radius 1 is 0.312 bits per heavy atom. The van der Waals surface area contributed by atoms with Crippen LogP contribution in [0, 0.1) is 34.6 Å². The highest BCUT2D eigenvalue weighted by molar-refractivity contribution is 7.17. The molecule has 4 aliphatic rings. The fourth-order valence-electron chi connectivity index (χ4n) is 12.2. The predicted octanol–water partition coefficient (Wildman–Crippen LogP) is 25.4. The average molecular weight is 1500 g/mol. The molecule has 17 heteroatoms. The van der Waals surface area contributed by atoms with Crippen LogP contribution in [-0.4, -0.2) is 87.7 Å². The van der Waals surface area contributed by atoms with Crippen molar-refractivity contribution in [3.05, 3.63) is 229 Å². The third-order valence-electron chi connectivity index (χ3n) is 17.6. The van der Waals surface area contributed by atoms with Gasteiger partial charge in [0.15, 0.2) is 29.5 Å². The summed E-state index contributed by atoms with van der Waals surface area (Å²) in [6.07, 6.45) is 17.4. The first-order chi connectivity index (χ1) is 53.1. The van der Waals surface area contributed by atoms with Gasteiger partial charge in [-0.1, -0.05) is 229 Å². The molecule has 0 saturated heterocycles. The molecule has 0 unspecified atom stereocenters. The van der Waals surface area contributed by atoms with Crippen LogP contribution in [0.25, 0.3) is 21.3 Å². The Kier molecular flexibility index (Phi) is 46.4. The third-order valence-corrected chi connectivity index (χ3v) is 18.5. The van der Waals surface area contributed by atoms with Crippen molar-refractivity contribution in [3.63, 3.8) is 0 Å². The average Bonchev–Trinajstić information content (AvgIpc) is 1.65. The van der Waals surface area contributed by atoms with Gasteiger partial charge in [0.05, 0.1) is 35.5 Å². The standard InChI is InChI=1S/C15H17N3.C15H14NS.3C14H16N4.10C2H6/c1-11-6-4-5-7-13(11)18-12(2)17(3)14-8-9-16-10-15(14)18;1-11-5-3-4-6-13(11)14-15-12(8-10-17-15)7-9-16(14)2;1-10-6-4-5-7-12(10)18-11(2)17(3)14-13(18)8-15-9-16-14;1-10-6-4-5-7-12(10)18-11(2)17(3)13-8-15-9-16-14(13)18;1-10-6-4-5-7-12(10)18-11(2)17(3)13-14(18)16-9-8-15-13;10*1-2/h4-10,12H,1-3H3;3-10H,1-2H3;3*4-9,11H,1-3H3;10*1-2H3/q;+1;;;;;;;;;;;;;/t12-;;3*11-;;;;;;;;;;/m0.000........../s1. The van der Waals surface area contributed by atoms with Crippen molar-refractivity contribution in [2.75, 3.05) is 67.4 Å². The van der Waals surface area contributed by atoms with Gasteiger partial charge in [-0.15, -0.1) is 11.3 Å². The molecule has 5 aromatic carbocycles. The van der Waals surface area contributed by atoms with Gasteiger partial charge in [-0.05, 0) is 138 Å². The number of para-hydroxylation sites is 4. The van der Waals surface area contributed by atoms with Crippen LogP contribution >= 0.6 is 11.3 Å². The molecule has 0 bridgehead atoms. The first-order valence-corrected chi connectivity index (χ1v) is 41.0. The second kappa shape index (κ2) is 52.1. The number of rotatable bonds is 5. The van der Waals surface area contributed by atoms with Crippen molar-refractivity contribution < 1.29 is 4.57 Å². The van der Waals surface area contributed by atoms with E-state index in [2.05, 4.69) is 327 Å². The number of thiophene rings is 1. The molecular weight excluding hydrogens is 1360 g/mol. The Balaban J connectivity index is 0.000000643. The van der Waals surface area contributed by atoms with Crippen molar-refractivity contribution in [2.45, 2.75) is 225 Å². The topological polar surface area (TPSA) is 120 Å². The lowest BCUT2D eigenvalue weighted by atomic mass is 10.0. The van der Waals surface area contributed by atoms with Crippen molar-refractivity contribution in [2.24, 2.45) is 7.05 Å². The van der Waals surface area contributed by atoms with Gasteiger partial charge in [0, 0.05) is 81.0 Å². The number of benzene rings is 5. The normalized spacial score (nSPS) is 14.2. The lowest BCUT2D eigenvalue weighted by Crippen LogP contribution is -2.36. The number of fused-ring (bicyclic) bond motifs is 5. The molecule has 109 heavy (non-hydrogen) atoms. The van der Waals surface area contributed by atoms with Crippen LogP contribution in [0.2, 0.25) is 0 Å². The largest absolute Gasteiger partial charge is 0.352 e. The third kappa shape index (κ3) is 23.5. The fourth-order valence-corrected chi connectivity index (χ4v) is 13.2. The molecular formula is C92H139N16S+. The fraction of sp³-hybridized carbons (Fsp3) is 0.413. The van der Waals surface area contributed by atoms with E-state index in [9.17, 15) is 0 Å². The highest BCUT2D eigenvalue weighted by Gasteiger charge is 2.37. The summed E-state index contributed by atoms with van der Waals surface area (Å²) in [5, 5.41) is 3.48. The number of anilines is 12. The van der Waals surface area contributed by atoms with E-state index in [-0.39, 0.29) is 18.5 Å². The van der Waals surface area contributed by atoms with E-state index in [1.165, 1.54) is 83.3 Å². The van der Waals surface area contributed by atoms with Crippen LogP contribution in [-0.2, 0) is 7.05 Å². The molecule has 0 N–H and O–H groups in total. The van der Waals surface area contributed by atoms with Gasteiger partial charge in [0.1, 0.15) is 60.4 Å². The minimum Gasteiger partial charge on any atom is -0.352 e. The molecule has 0 spiro atoms. The minimum absolute atomic E-state index is 0.225. The monoisotopic (exact) mass is 1500 g/mol. The van der Waals surface area contributed by atoms with Crippen molar-refractivity contribution in [3.8, 4) is 11.3 Å². The first-order valence-electron chi connectivity index (χ1n) is 40.1. The second-order valence-electron chi connectivity index (χ2n) is 22.9. The maximum Gasteiger partial charge on any atom is 0.230 e. The van der Waals surface area contributed by atoms with E-state index < -0.39 is 0 Å². The summed E-state index contributed by atoms with van der Waals surface area (Å²) in [5.74, 6) is 3.84. The molecule has 11 aromatic rings. The molecule has 0 saturated carbocycles. The minimum atomic E-state index is 0.225. The van der Waals surface area contributed by atoms with Crippen LogP contribution in [0.3, 0.4) is 0 Å². The predicted molar refractivity (Wildman–Crippen MR) is 482 cm³/mol. The first kappa shape index (κ1) is 97.0. The van der Waals surface area contributed by atoms with Gasteiger partial charge >= 0.3 is 0 Å². The van der Waals surface area contributed by atoms with E-state index >= 15 is 0 Å². The molecule has 0 radical (unpaired) electrons. The summed E-state index contributed by atoms with van der Waals surface area (Å²) in [6, 6.07) is 48.6. The Morgan fingerprint density at radius 3 is 1.15 bits per heavy atom. The van der Waals surface area contributed by atoms with Crippen LogP contribution in [0.5, 0.6) is 0 Å². The zero-order valence-corrected chi connectivity index (χ0v) is 74.2. The molecule has 6 aromatic heterocycles. The van der Waals surface area contributed by atoms with E-state index in [1.807, 2.05) is 175 Å². The zero-order chi connectivity index (χ0) is 82.6. The van der Waals surface area contributed by atoms with Crippen LogP contribution in [0.4, 0.5) is 68.8 Å². The van der Waals surface area contributed by atoms with Gasteiger partial charge in [-0.25, -0.2) is 29.9 Å². The summed E-state index contributed by atoms with van der Waals surface area (Å²) in [4.78, 5) is 48.1. The molecule has 16 nitrogen and oxygen atoms in total. The van der Waals surface area contributed by atoms with Gasteiger partial charge in [0.25, 0.3) is 0 Å². The molecule has 4 atom stereocenters. The van der Waals surface area contributed by atoms with Gasteiger partial charge in [-0.2, -0.15) is 4.57 Å². The molecule has 10 heterocycles. The molecule has 592 valence electrons. The Morgan fingerprint density at radius 2 is 0.670 bits per heavy atom. The van der Waals surface area contributed by atoms with Crippen molar-refractivity contribution in [1.82, 2.24) is 34.9 Å². The van der Waals surface area contributed by atoms with Gasteiger partial charge in [0.2, 0.25) is 5.69 Å². The van der Waals surface area contributed by atoms with Crippen LogP contribution in [0.15, 0.2) is 201 Å². The maximum atomic E-state index is 4.48. The van der Waals surface area contributed by atoms with Crippen LogP contribution < -0.4 is 43.8 Å². The smallest absolute Gasteiger partial charge is 0.230 e. The maximum absolute atomic E-state index is 4.48. The summed E-state index contributed by atoms with van der Waals surface area (Å²) in [6.45, 7) is 59.4. The van der Waals surface area contributed by atoms with Crippen LogP contribution in [0.1, 0.15) is 194 Å². The zero-order valence-electron chi connectivity index (χ0n) is 73.4. The van der Waals surface area contributed by atoms with Crippen molar-refractivity contribution >= 4 is 90.2 Å². The molecule has 0 fully saturated rings. The number of nitrogens with zero attached hydrogens (tertiary/aromatic N) is 16. The van der Waals surface area contributed by atoms with E-state index in [4.69, 9.17) is 0 Å². The van der Waals surface area contributed by atoms with Gasteiger partial charge in [-0.3, -0.25) is 4.98 Å². The summed E-state index contributed by atoms with van der Waals surface area (Å²) >= 11 is 1.81. The Labute approximate surface area is 665 Å². The summed E-state index contributed by atoms with van der Waals surface area (Å²) in [7, 11) is 10.4. The van der Waals surface area contributed by atoms with Gasteiger partial charge < -0.3 is 39.2 Å². The molecule has 15 rings (SSSR count).